The quantitative estimate of drug-likeness (QED) is 0.754. The number of Topliss-reactive ketones (excluding diaryl/α,β-unsaturated/α-hetero) is 1. The molecule has 0 aromatic heterocycles. The van der Waals surface area contributed by atoms with Crippen LogP contribution in [0.15, 0.2) is 42.5 Å². The molecule has 160 valence electrons. The summed E-state index contributed by atoms with van der Waals surface area (Å²) in [5.41, 5.74) is 3.66. The Morgan fingerprint density at radius 3 is 2.77 bits per heavy atom. The van der Waals surface area contributed by atoms with Crippen molar-refractivity contribution >= 4 is 5.78 Å². The minimum absolute atomic E-state index is 0.0745. The summed E-state index contributed by atoms with van der Waals surface area (Å²) in [4.78, 5) is 16.7. The van der Waals surface area contributed by atoms with E-state index in [-0.39, 0.29) is 23.2 Å². The maximum atomic E-state index is 13.9. The lowest BCUT2D eigenvalue weighted by Crippen LogP contribution is -2.67. The summed E-state index contributed by atoms with van der Waals surface area (Å²) in [5, 5.41) is 0. The molecule has 1 saturated heterocycles. The van der Waals surface area contributed by atoms with Gasteiger partial charge in [0.15, 0.2) is 23.4 Å². The number of rotatable bonds is 4. The Bertz CT molecular complexity index is 1060. The first-order valence-electron chi connectivity index (χ1n) is 11.9. The fraction of sp³-hybridized carbons (Fsp3) is 0.519. The van der Waals surface area contributed by atoms with Gasteiger partial charge in [0.2, 0.25) is 0 Å². The summed E-state index contributed by atoms with van der Waals surface area (Å²) in [6, 6.07) is 15.2. The van der Waals surface area contributed by atoms with Gasteiger partial charge in [-0.05, 0) is 67.7 Å². The molecule has 5 aliphatic rings. The van der Waals surface area contributed by atoms with Crippen molar-refractivity contribution in [1.82, 2.24) is 4.90 Å². The molecule has 0 amide bonds. The van der Waals surface area contributed by atoms with Crippen LogP contribution in [0.25, 0.3) is 0 Å². The molecule has 2 aromatic rings. The Labute approximate surface area is 183 Å². The average Bonchev–Trinajstić information content (AvgIpc) is 3.55. The SMILES string of the molecule is COc1ccc2c3c1O[C@H]1C(=O)[C@@H](c4ccccc4)CC4[C@@H](C2)N(CC2CC2)CC[C@@]341. The van der Waals surface area contributed by atoms with Crippen molar-refractivity contribution in [2.75, 3.05) is 20.2 Å². The van der Waals surface area contributed by atoms with Crippen LogP contribution in [0.5, 0.6) is 11.5 Å². The van der Waals surface area contributed by atoms with Crippen LogP contribution >= 0.6 is 0 Å². The highest BCUT2D eigenvalue weighted by Crippen LogP contribution is 2.64. The number of nitrogens with zero attached hydrogens (tertiary/aromatic N) is 1. The van der Waals surface area contributed by atoms with E-state index >= 15 is 0 Å². The minimum Gasteiger partial charge on any atom is -0.493 e. The molecule has 0 radical (unpaired) electrons. The van der Waals surface area contributed by atoms with Gasteiger partial charge in [0.1, 0.15) is 0 Å². The molecule has 1 spiro atoms. The molecule has 31 heavy (non-hydrogen) atoms. The molecule has 2 aromatic carbocycles. The largest absolute Gasteiger partial charge is 0.493 e. The number of benzene rings is 2. The van der Waals surface area contributed by atoms with Crippen LogP contribution in [0.2, 0.25) is 0 Å². The molecule has 2 bridgehead atoms. The van der Waals surface area contributed by atoms with Crippen molar-refractivity contribution < 1.29 is 14.3 Å². The normalized spacial score (nSPS) is 35.5. The number of ketones is 1. The Morgan fingerprint density at radius 2 is 2.00 bits per heavy atom. The number of carbonyl (C=O) groups excluding carboxylic acids is 1. The molecule has 2 heterocycles. The standard InChI is InChI=1S/C27H29NO3/c1-30-22-10-9-18-13-21-20-14-19(17-5-3-2-4-6-17)24(29)26-27(20,23(18)25(22)31-26)11-12-28(21)15-16-7-8-16/h2-6,9-10,16,19-21,26H,7-8,11-15H2,1H3/t19-,20?,21-,26+,27+/m1/s1. The number of ether oxygens (including phenoxy) is 2. The van der Waals surface area contributed by atoms with Crippen LogP contribution < -0.4 is 9.47 Å². The van der Waals surface area contributed by atoms with Crippen molar-refractivity contribution in [3.05, 3.63) is 59.2 Å². The van der Waals surface area contributed by atoms with E-state index in [1.54, 1.807) is 7.11 Å². The van der Waals surface area contributed by atoms with Crippen LogP contribution in [-0.4, -0.2) is 43.0 Å². The average molecular weight is 416 g/mol. The fourth-order valence-electron chi connectivity index (χ4n) is 7.40. The van der Waals surface area contributed by atoms with Crippen molar-refractivity contribution in [3.8, 4) is 11.5 Å². The summed E-state index contributed by atoms with van der Waals surface area (Å²) in [7, 11) is 1.71. The molecular formula is C27H29NO3. The summed E-state index contributed by atoms with van der Waals surface area (Å²) in [6.45, 7) is 2.31. The van der Waals surface area contributed by atoms with Crippen molar-refractivity contribution in [2.24, 2.45) is 11.8 Å². The van der Waals surface area contributed by atoms with E-state index in [0.29, 0.717) is 12.0 Å². The summed E-state index contributed by atoms with van der Waals surface area (Å²) in [5.74, 6) is 3.16. The zero-order chi connectivity index (χ0) is 20.7. The molecule has 5 atom stereocenters. The first kappa shape index (κ1) is 18.3. The molecule has 0 N–H and O–H groups in total. The van der Waals surface area contributed by atoms with Gasteiger partial charge in [0.25, 0.3) is 0 Å². The predicted molar refractivity (Wildman–Crippen MR) is 118 cm³/mol. The molecule has 2 saturated carbocycles. The Balaban J connectivity index is 1.39. The molecule has 2 aliphatic heterocycles. The van der Waals surface area contributed by atoms with Gasteiger partial charge >= 0.3 is 0 Å². The van der Waals surface area contributed by atoms with Crippen LogP contribution in [-0.2, 0) is 16.6 Å². The van der Waals surface area contributed by atoms with Gasteiger partial charge in [-0.15, -0.1) is 0 Å². The Kier molecular flexibility index (Phi) is 3.74. The van der Waals surface area contributed by atoms with Crippen molar-refractivity contribution in [3.63, 3.8) is 0 Å². The van der Waals surface area contributed by atoms with Crippen molar-refractivity contribution in [1.29, 1.82) is 0 Å². The zero-order valence-electron chi connectivity index (χ0n) is 18.0. The molecule has 4 heteroatoms. The Morgan fingerprint density at radius 1 is 1.16 bits per heavy atom. The molecule has 7 rings (SSSR count). The second kappa shape index (κ2) is 6.35. The number of likely N-dealkylation sites (tertiary alicyclic amines) is 1. The van der Waals surface area contributed by atoms with Crippen LogP contribution in [0.1, 0.15) is 48.3 Å². The number of piperidine rings is 1. The van der Waals surface area contributed by atoms with Gasteiger partial charge in [0, 0.05) is 29.5 Å². The van der Waals surface area contributed by atoms with E-state index in [1.807, 2.05) is 12.1 Å². The van der Waals surface area contributed by atoms with Gasteiger partial charge in [-0.25, -0.2) is 0 Å². The lowest BCUT2D eigenvalue weighted by Gasteiger charge is -2.59. The lowest BCUT2D eigenvalue weighted by molar-refractivity contribution is -0.141. The van der Waals surface area contributed by atoms with E-state index in [1.165, 1.54) is 30.5 Å². The van der Waals surface area contributed by atoms with E-state index in [9.17, 15) is 4.79 Å². The van der Waals surface area contributed by atoms with Crippen molar-refractivity contribution in [2.45, 2.75) is 55.6 Å². The summed E-state index contributed by atoms with van der Waals surface area (Å²) >= 11 is 0. The predicted octanol–water partition coefficient (Wildman–Crippen LogP) is 4.11. The van der Waals surface area contributed by atoms with Gasteiger partial charge in [-0.3, -0.25) is 9.69 Å². The summed E-state index contributed by atoms with van der Waals surface area (Å²) < 4.78 is 12.3. The van der Waals surface area contributed by atoms with Gasteiger partial charge in [-0.2, -0.15) is 0 Å². The number of hydrogen-bond donors (Lipinski definition) is 0. The maximum absolute atomic E-state index is 13.9. The lowest BCUT2D eigenvalue weighted by atomic mass is 9.49. The van der Waals surface area contributed by atoms with Gasteiger partial charge < -0.3 is 9.47 Å². The smallest absolute Gasteiger partial charge is 0.181 e. The monoisotopic (exact) mass is 415 g/mol. The molecule has 3 fully saturated rings. The second-order valence-electron chi connectivity index (χ2n) is 10.3. The zero-order valence-corrected chi connectivity index (χ0v) is 18.0. The second-order valence-corrected chi connectivity index (χ2v) is 10.3. The van der Waals surface area contributed by atoms with Gasteiger partial charge in [-0.1, -0.05) is 36.4 Å². The van der Waals surface area contributed by atoms with Crippen LogP contribution in [0.3, 0.4) is 0 Å². The molecular weight excluding hydrogens is 386 g/mol. The molecule has 1 unspecified atom stereocenters. The van der Waals surface area contributed by atoms with E-state index < -0.39 is 0 Å². The van der Waals surface area contributed by atoms with Crippen LogP contribution in [0, 0.1) is 11.8 Å². The topological polar surface area (TPSA) is 38.8 Å². The number of hydrogen-bond acceptors (Lipinski definition) is 4. The molecule has 3 aliphatic carbocycles. The first-order chi connectivity index (χ1) is 15.2. The third-order valence-corrected chi connectivity index (χ3v) is 8.92. The van der Waals surface area contributed by atoms with E-state index in [4.69, 9.17) is 9.47 Å². The highest BCUT2D eigenvalue weighted by molar-refractivity contribution is 5.94. The number of methoxy groups -OCH3 is 1. The maximum Gasteiger partial charge on any atom is 0.181 e. The first-order valence-corrected chi connectivity index (χ1v) is 11.9. The van der Waals surface area contributed by atoms with Crippen LogP contribution in [0.4, 0.5) is 0 Å². The van der Waals surface area contributed by atoms with E-state index in [0.717, 1.165) is 48.8 Å². The molecule has 4 nitrogen and oxygen atoms in total. The third-order valence-electron chi connectivity index (χ3n) is 8.92. The van der Waals surface area contributed by atoms with Gasteiger partial charge in [0.05, 0.1) is 7.11 Å². The van der Waals surface area contributed by atoms with E-state index in [2.05, 4.69) is 35.2 Å². The third kappa shape index (κ3) is 2.37. The highest BCUT2D eigenvalue weighted by Gasteiger charge is 2.67. The Hall–Kier alpha value is -2.33. The fourth-order valence-corrected chi connectivity index (χ4v) is 7.40. The minimum atomic E-state index is -0.382. The number of carbonyl (C=O) groups is 1. The summed E-state index contributed by atoms with van der Waals surface area (Å²) in [6.07, 6.45) is 5.41. The highest BCUT2D eigenvalue weighted by atomic mass is 16.5.